The van der Waals surface area contributed by atoms with Gasteiger partial charge in [-0.2, -0.15) is 0 Å². The molecule has 11 heteroatoms. The highest BCUT2D eigenvalue weighted by Gasteiger charge is 2.25. The van der Waals surface area contributed by atoms with Crippen LogP contribution in [0.25, 0.3) is 0 Å². The standard InChI is InChI=1S/C20H21N5O3S3/c1-28-12-6-4-5-11(9-12)22-19-24-25-20(31-19)29-10-15(26)23-18-16(17(21)27)13-7-2-3-8-14(13)30-18/h4-6,9H,2-3,7-8,10H2,1H3,(H2,21,27)(H,22,24)(H,23,26). The number of benzene rings is 1. The smallest absolute Gasteiger partial charge is 0.251 e. The molecule has 8 nitrogen and oxygen atoms in total. The molecule has 0 aliphatic heterocycles. The number of nitrogens with one attached hydrogen (secondary N) is 2. The van der Waals surface area contributed by atoms with Gasteiger partial charge in [-0.1, -0.05) is 29.2 Å². The second-order valence-corrected chi connectivity index (χ2v) is 10.2. The highest BCUT2D eigenvalue weighted by molar-refractivity contribution is 8.01. The first-order valence-corrected chi connectivity index (χ1v) is 12.3. The average molecular weight is 476 g/mol. The third-order valence-electron chi connectivity index (χ3n) is 4.72. The van der Waals surface area contributed by atoms with Crippen LogP contribution in [0.2, 0.25) is 0 Å². The summed E-state index contributed by atoms with van der Waals surface area (Å²) in [6.07, 6.45) is 3.90. The lowest BCUT2D eigenvalue weighted by atomic mass is 9.95. The van der Waals surface area contributed by atoms with Gasteiger partial charge in [0.25, 0.3) is 5.91 Å². The average Bonchev–Trinajstić information content (AvgIpc) is 3.36. The molecule has 0 bridgehead atoms. The Morgan fingerprint density at radius 1 is 1.23 bits per heavy atom. The van der Waals surface area contributed by atoms with Crippen molar-refractivity contribution in [3.05, 3.63) is 40.3 Å². The molecular weight excluding hydrogens is 454 g/mol. The molecule has 31 heavy (non-hydrogen) atoms. The van der Waals surface area contributed by atoms with Crippen LogP contribution >= 0.6 is 34.4 Å². The van der Waals surface area contributed by atoms with Gasteiger partial charge in [-0.15, -0.1) is 21.5 Å². The Labute approximate surface area is 191 Å². The molecule has 3 aromatic rings. The minimum atomic E-state index is -0.486. The molecule has 0 radical (unpaired) electrons. The van der Waals surface area contributed by atoms with Crippen molar-refractivity contribution in [1.82, 2.24) is 10.2 Å². The van der Waals surface area contributed by atoms with Gasteiger partial charge in [-0.3, -0.25) is 9.59 Å². The van der Waals surface area contributed by atoms with Gasteiger partial charge < -0.3 is 21.1 Å². The topological polar surface area (TPSA) is 119 Å². The summed E-state index contributed by atoms with van der Waals surface area (Å²) in [7, 11) is 1.61. The Balaban J connectivity index is 1.36. The fraction of sp³-hybridized carbons (Fsp3) is 0.300. The third-order valence-corrected chi connectivity index (χ3v) is 7.90. The maximum absolute atomic E-state index is 12.5. The highest BCUT2D eigenvalue weighted by atomic mass is 32.2. The van der Waals surface area contributed by atoms with Gasteiger partial charge in [0.05, 0.1) is 18.4 Å². The van der Waals surface area contributed by atoms with Crippen molar-refractivity contribution in [2.75, 3.05) is 23.5 Å². The van der Waals surface area contributed by atoms with Gasteiger partial charge in [0.2, 0.25) is 11.0 Å². The van der Waals surface area contributed by atoms with Crippen LogP contribution in [-0.2, 0) is 17.6 Å². The number of carbonyl (C=O) groups excluding carboxylic acids is 2. The van der Waals surface area contributed by atoms with E-state index in [2.05, 4.69) is 20.8 Å². The fourth-order valence-electron chi connectivity index (χ4n) is 3.35. The Morgan fingerprint density at radius 3 is 2.87 bits per heavy atom. The highest BCUT2D eigenvalue weighted by Crippen LogP contribution is 2.38. The summed E-state index contributed by atoms with van der Waals surface area (Å²) in [6, 6.07) is 7.50. The molecule has 4 rings (SSSR count). The van der Waals surface area contributed by atoms with Crippen LogP contribution in [0, 0.1) is 0 Å². The van der Waals surface area contributed by atoms with E-state index in [4.69, 9.17) is 10.5 Å². The lowest BCUT2D eigenvalue weighted by Crippen LogP contribution is -2.19. The van der Waals surface area contributed by atoms with Gasteiger partial charge in [-0.05, 0) is 43.4 Å². The van der Waals surface area contributed by atoms with Gasteiger partial charge in [-0.25, -0.2) is 0 Å². The summed E-state index contributed by atoms with van der Waals surface area (Å²) >= 11 is 4.11. The normalized spacial score (nSPS) is 12.8. The number of aromatic nitrogens is 2. The number of ether oxygens (including phenoxy) is 1. The Kier molecular flexibility index (Phi) is 6.73. The number of primary amides is 1. The Hall–Kier alpha value is -2.63. The first kappa shape index (κ1) is 21.6. The predicted octanol–water partition coefficient (Wildman–Crippen LogP) is 4.06. The number of rotatable bonds is 8. The predicted molar refractivity (Wildman–Crippen MR) is 125 cm³/mol. The molecule has 0 spiro atoms. The van der Waals surface area contributed by atoms with E-state index in [9.17, 15) is 9.59 Å². The summed E-state index contributed by atoms with van der Waals surface area (Å²) in [6.45, 7) is 0. The van der Waals surface area contributed by atoms with Crippen LogP contribution in [0.1, 0.15) is 33.6 Å². The lowest BCUT2D eigenvalue weighted by Gasteiger charge is -2.11. The van der Waals surface area contributed by atoms with Crippen molar-refractivity contribution in [1.29, 1.82) is 0 Å². The first-order chi connectivity index (χ1) is 15.0. The number of nitrogens with two attached hydrogens (primary N) is 1. The number of methoxy groups -OCH3 is 1. The fourth-order valence-corrected chi connectivity index (χ4v) is 6.23. The van der Waals surface area contributed by atoms with Gasteiger partial charge in [0.15, 0.2) is 4.34 Å². The molecule has 1 aromatic carbocycles. The van der Waals surface area contributed by atoms with Crippen molar-refractivity contribution in [3.63, 3.8) is 0 Å². The van der Waals surface area contributed by atoms with Crippen LogP contribution in [-0.4, -0.2) is 34.9 Å². The molecule has 0 saturated carbocycles. The number of amides is 2. The molecule has 1 aliphatic carbocycles. The second kappa shape index (κ2) is 9.67. The molecule has 2 amide bonds. The van der Waals surface area contributed by atoms with Crippen molar-refractivity contribution in [2.24, 2.45) is 5.73 Å². The quantitative estimate of drug-likeness (QED) is 0.420. The van der Waals surface area contributed by atoms with Crippen LogP contribution in [0.5, 0.6) is 5.75 Å². The van der Waals surface area contributed by atoms with Crippen LogP contribution < -0.4 is 21.1 Å². The molecule has 1 aliphatic rings. The monoisotopic (exact) mass is 475 g/mol. The number of aryl methyl sites for hydroxylation is 1. The van der Waals surface area contributed by atoms with Crippen molar-refractivity contribution >= 4 is 62.1 Å². The molecule has 162 valence electrons. The number of carbonyl (C=O) groups is 2. The van der Waals surface area contributed by atoms with Crippen molar-refractivity contribution in [3.8, 4) is 5.75 Å². The second-order valence-electron chi connectivity index (χ2n) is 6.85. The van der Waals surface area contributed by atoms with E-state index >= 15 is 0 Å². The molecule has 0 fully saturated rings. The molecular formula is C20H21N5O3S3. The number of thiophene rings is 1. The zero-order valence-electron chi connectivity index (χ0n) is 16.8. The molecule has 0 saturated heterocycles. The van der Waals surface area contributed by atoms with Crippen molar-refractivity contribution < 1.29 is 14.3 Å². The number of hydrogen-bond donors (Lipinski definition) is 3. The molecule has 2 heterocycles. The number of nitrogens with zero attached hydrogens (tertiary/aromatic N) is 2. The SMILES string of the molecule is COc1cccc(Nc2nnc(SCC(=O)Nc3sc4c(c3C(N)=O)CCCC4)s2)c1. The number of fused-ring (bicyclic) bond motifs is 1. The number of anilines is 3. The van der Waals surface area contributed by atoms with E-state index in [0.717, 1.165) is 47.6 Å². The largest absolute Gasteiger partial charge is 0.497 e. The van der Waals surface area contributed by atoms with E-state index in [1.807, 2.05) is 24.3 Å². The van der Waals surface area contributed by atoms with E-state index in [1.54, 1.807) is 7.11 Å². The Morgan fingerprint density at radius 2 is 2.06 bits per heavy atom. The lowest BCUT2D eigenvalue weighted by molar-refractivity contribution is -0.113. The maximum atomic E-state index is 12.5. The first-order valence-electron chi connectivity index (χ1n) is 9.65. The van der Waals surface area contributed by atoms with Gasteiger partial charge in [0, 0.05) is 16.6 Å². The zero-order chi connectivity index (χ0) is 21.8. The molecule has 2 aromatic heterocycles. The maximum Gasteiger partial charge on any atom is 0.251 e. The van der Waals surface area contributed by atoms with Gasteiger partial charge in [0.1, 0.15) is 10.8 Å². The van der Waals surface area contributed by atoms with Gasteiger partial charge >= 0.3 is 0 Å². The van der Waals surface area contributed by atoms with Crippen LogP contribution in [0.4, 0.5) is 15.8 Å². The van der Waals surface area contributed by atoms with Crippen LogP contribution in [0.3, 0.4) is 0 Å². The van der Waals surface area contributed by atoms with E-state index in [1.165, 1.54) is 34.4 Å². The van der Waals surface area contributed by atoms with E-state index in [0.29, 0.717) is 20.0 Å². The summed E-state index contributed by atoms with van der Waals surface area (Å²) in [5.74, 6) is 0.212. The van der Waals surface area contributed by atoms with Crippen LogP contribution in [0.15, 0.2) is 28.6 Å². The number of thioether (sulfide) groups is 1. The minimum absolute atomic E-state index is 0.161. The Bertz CT molecular complexity index is 1110. The minimum Gasteiger partial charge on any atom is -0.497 e. The van der Waals surface area contributed by atoms with E-state index < -0.39 is 5.91 Å². The number of hydrogen-bond acceptors (Lipinski definition) is 9. The van der Waals surface area contributed by atoms with E-state index in [-0.39, 0.29) is 11.7 Å². The zero-order valence-corrected chi connectivity index (χ0v) is 19.2. The van der Waals surface area contributed by atoms with Crippen molar-refractivity contribution in [2.45, 2.75) is 30.0 Å². The molecule has 4 N–H and O–H groups in total. The summed E-state index contributed by atoms with van der Waals surface area (Å²) < 4.78 is 5.88. The molecule has 0 unspecified atom stereocenters. The summed E-state index contributed by atoms with van der Waals surface area (Å²) in [5.41, 5.74) is 7.90. The summed E-state index contributed by atoms with van der Waals surface area (Å²) in [4.78, 5) is 25.6. The third kappa shape index (κ3) is 5.17. The molecule has 0 atom stereocenters. The summed E-state index contributed by atoms with van der Waals surface area (Å²) in [5, 5.41) is 15.5.